The molecule has 1 aromatic carbocycles. The van der Waals surface area contributed by atoms with Crippen LogP contribution >= 0.6 is 15.9 Å². The van der Waals surface area contributed by atoms with Crippen LogP contribution in [0.25, 0.3) is 6.08 Å². The van der Waals surface area contributed by atoms with Crippen molar-refractivity contribution < 1.29 is 4.39 Å². The summed E-state index contributed by atoms with van der Waals surface area (Å²) in [5.74, 6) is 0.486. The van der Waals surface area contributed by atoms with E-state index in [1.165, 1.54) is 43.7 Å². The van der Waals surface area contributed by atoms with Crippen molar-refractivity contribution in [3.8, 4) is 0 Å². The molecule has 0 heterocycles. The summed E-state index contributed by atoms with van der Waals surface area (Å²) >= 11 is 3.26. The van der Waals surface area contributed by atoms with Crippen molar-refractivity contribution in [1.82, 2.24) is 5.32 Å². The first-order valence-electron chi connectivity index (χ1n) is 7.57. The molecule has 0 atom stereocenters. The highest BCUT2D eigenvalue weighted by molar-refractivity contribution is 9.10. The Labute approximate surface area is 129 Å². The molecule has 0 amide bonds. The molecule has 1 nitrogen and oxygen atoms in total. The van der Waals surface area contributed by atoms with Gasteiger partial charge in [0, 0.05) is 6.54 Å². The maximum absolute atomic E-state index is 13.3. The molecule has 1 N–H and O–H groups in total. The summed E-state index contributed by atoms with van der Waals surface area (Å²) in [5, 5.41) is 3.44. The van der Waals surface area contributed by atoms with Crippen molar-refractivity contribution in [3.05, 3.63) is 39.6 Å². The number of nitrogens with one attached hydrogen (secondary N) is 1. The molecule has 2 rings (SSSR count). The average Bonchev–Trinajstić information content (AvgIpc) is 2.48. The third-order valence-electron chi connectivity index (χ3n) is 4.00. The zero-order valence-electron chi connectivity index (χ0n) is 12.1. The van der Waals surface area contributed by atoms with Gasteiger partial charge in [0.05, 0.1) is 4.47 Å². The molecule has 1 aliphatic carbocycles. The first-order chi connectivity index (χ1) is 9.70. The van der Waals surface area contributed by atoms with E-state index in [9.17, 15) is 4.39 Å². The van der Waals surface area contributed by atoms with Crippen LogP contribution in [-0.4, -0.2) is 13.1 Å². The molecule has 20 heavy (non-hydrogen) atoms. The summed E-state index contributed by atoms with van der Waals surface area (Å²) in [6.07, 6.45) is 8.86. The van der Waals surface area contributed by atoms with E-state index >= 15 is 0 Å². The van der Waals surface area contributed by atoms with E-state index in [2.05, 4.69) is 34.2 Å². The van der Waals surface area contributed by atoms with Crippen LogP contribution in [0, 0.1) is 11.7 Å². The Balaban J connectivity index is 2.19. The minimum atomic E-state index is -0.201. The van der Waals surface area contributed by atoms with Gasteiger partial charge in [0.15, 0.2) is 0 Å². The maximum Gasteiger partial charge on any atom is 0.137 e. The molecule has 3 heteroatoms. The molecular formula is C17H23BrFN. The van der Waals surface area contributed by atoms with E-state index < -0.39 is 0 Å². The highest BCUT2D eigenvalue weighted by atomic mass is 79.9. The number of hydrogen-bond acceptors (Lipinski definition) is 1. The van der Waals surface area contributed by atoms with E-state index in [1.807, 2.05) is 12.1 Å². The zero-order valence-corrected chi connectivity index (χ0v) is 13.7. The number of hydrogen-bond donors (Lipinski definition) is 1. The molecule has 0 radical (unpaired) electrons. The number of halogens is 2. The predicted octanol–water partition coefficient (Wildman–Crippen LogP) is 5.16. The fourth-order valence-electron chi connectivity index (χ4n) is 2.87. The predicted molar refractivity (Wildman–Crippen MR) is 87.2 cm³/mol. The molecule has 0 spiro atoms. The topological polar surface area (TPSA) is 12.0 Å². The monoisotopic (exact) mass is 339 g/mol. The number of rotatable bonds is 5. The van der Waals surface area contributed by atoms with Gasteiger partial charge in [-0.05, 0) is 58.9 Å². The van der Waals surface area contributed by atoms with Gasteiger partial charge in [-0.3, -0.25) is 0 Å². The highest BCUT2D eigenvalue weighted by Gasteiger charge is 2.17. The lowest BCUT2D eigenvalue weighted by atomic mass is 9.83. The molecule has 0 saturated heterocycles. The summed E-state index contributed by atoms with van der Waals surface area (Å²) in [5.41, 5.74) is 2.54. The molecule has 1 aromatic rings. The van der Waals surface area contributed by atoms with Crippen LogP contribution in [-0.2, 0) is 0 Å². The quantitative estimate of drug-likeness (QED) is 0.781. The lowest BCUT2D eigenvalue weighted by Crippen LogP contribution is -2.22. The van der Waals surface area contributed by atoms with E-state index in [0.717, 1.165) is 18.7 Å². The maximum atomic E-state index is 13.3. The van der Waals surface area contributed by atoms with Gasteiger partial charge in [0.1, 0.15) is 5.82 Å². The van der Waals surface area contributed by atoms with Gasteiger partial charge in [-0.1, -0.05) is 43.9 Å². The van der Waals surface area contributed by atoms with Crippen molar-refractivity contribution in [1.29, 1.82) is 0 Å². The molecule has 0 unspecified atom stereocenters. The largest absolute Gasteiger partial charge is 0.313 e. The van der Waals surface area contributed by atoms with Crippen molar-refractivity contribution in [2.45, 2.75) is 39.0 Å². The molecule has 0 aliphatic heterocycles. The summed E-state index contributed by atoms with van der Waals surface area (Å²) in [6, 6.07) is 5.25. The Morgan fingerprint density at radius 1 is 1.35 bits per heavy atom. The van der Waals surface area contributed by atoms with Gasteiger partial charge in [-0.2, -0.15) is 0 Å². The van der Waals surface area contributed by atoms with Crippen LogP contribution in [0.4, 0.5) is 4.39 Å². The molecule has 0 aromatic heterocycles. The minimum absolute atomic E-state index is 0.201. The minimum Gasteiger partial charge on any atom is -0.313 e. The third kappa shape index (κ3) is 4.42. The molecule has 110 valence electrons. The third-order valence-corrected chi connectivity index (χ3v) is 4.61. The van der Waals surface area contributed by atoms with Crippen molar-refractivity contribution in [3.63, 3.8) is 0 Å². The van der Waals surface area contributed by atoms with Crippen LogP contribution in [0.5, 0.6) is 0 Å². The molecule has 1 fully saturated rings. The Morgan fingerprint density at radius 2 is 2.10 bits per heavy atom. The Hall–Kier alpha value is -0.670. The van der Waals surface area contributed by atoms with Crippen LogP contribution in [0.3, 0.4) is 0 Å². The second kappa shape index (κ2) is 7.94. The zero-order chi connectivity index (χ0) is 14.4. The summed E-state index contributed by atoms with van der Waals surface area (Å²) in [6.45, 7) is 4.06. The molecule has 0 bridgehead atoms. The second-order valence-electron chi connectivity index (χ2n) is 5.51. The molecule has 1 saturated carbocycles. The van der Waals surface area contributed by atoms with Gasteiger partial charge >= 0.3 is 0 Å². The van der Waals surface area contributed by atoms with E-state index in [-0.39, 0.29) is 5.82 Å². The lowest BCUT2D eigenvalue weighted by Gasteiger charge is -2.25. The first-order valence-corrected chi connectivity index (χ1v) is 8.36. The number of likely N-dealkylation sites (N-methyl/N-ethyl adjacent to an activating group) is 1. The second-order valence-corrected chi connectivity index (χ2v) is 6.36. The van der Waals surface area contributed by atoms with Crippen LogP contribution < -0.4 is 5.32 Å². The Morgan fingerprint density at radius 3 is 2.75 bits per heavy atom. The molecular weight excluding hydrogens is 317 g/mol. The summed E-state index contributed by atoms with van der Waals surface area (Å²) < 4.78 is 13.9. The summed E-state index contributed by atoms with van der Waals surface area (Å²) in [7, 11) is 0. The fraction of sp³-hybridized carbons (Fsp3) is 0.529. The highest BCUT2D eigenvalue weighted by Crippen LogP contribution is 2.31. The van der Waals surface area contributed by atoms with Gasteiger partial charge in [-0.25, -0.2) is 4.39 Å². The van der Waals surface area contributed by atoms with Crippen LogP contribution in [0.15, 0.2) is 28.2 Å². The Bertz CT molecular complexity index is 464. The van der Waals surface area contributed by atoms with Gasteiger partial charge in [0.25, 0.3) is 0 Å². The van der Waals surface area contributed by atoms with Crippen LogP contribution in [0.2, 0.25) is 0 Å². The standard InChI is InChI=1S/C17H23BrFN/c1-2-20-12-15(14-6-4-3-5-7-14)10-13-8-9-17(19)16(18)11-13/h8-11,14,20H,2-7,12H2,1H3/b15-10-. The molecule has 1 aliphatic rings. The fourth-order valence-corrected chi connectivity index (χ4v) is 3.27. The van der Waals surface area contributed by atoms with Crippen LogP contribution in [0.1, 0.15) is 44.6 Å². The summed E-state index contributed by atoms with van der Waals surface area (Å²) in [4.78, 5) is 0. The van der Waals surface area contributed by atoms with Gasteiger partial charge < -0.3 is 5.32 Å². The Kier molecular flexibility index (Phi) is 6.24. The normalized spacial score (nSPS) is 17.4. The van der Waals surface area contributed by atoms with Crippen molar-refractivity contribution in [2.24, 2.45) is 5.92 Å². The smallest absolute Gasteiger partial charge is 0.137 e. The van der Waals surface area contributed by atoms with E-state index in [0.29, 0.717) is 10.4 Å². The van der Waals surface area contributed by atoms with Crippen molar-refractivity contribution >= 4 is 22.0 Å². The SMILES string of the molecule is CCNC/C(=C/c1ccc(F)c(Br)c1)C1CCCCC1. The van der Waals surface area contributed by atoms with Gasteiger partial charge in [-0.15, -0.1) is 0 Å². The lowest BCUT2D eigenvalue weighted by molar-refractivity contribution is 0.397. The first kappa shape index (κ1) is 15.7. The van der Waals surface area contributed by atoms with E-state index in [1.54, 1.807) is 0 Å². The van der Waals surface area contributed by atoms with E-state index in [4.69, 9.17) is 0 Å². The average molecular weight is 340 g/mol. The van der Waals surface area contributed by atoms with Crippen molar-refractivity contribution in [2.75, 3.05) is 13.1 Å². The number of benzene rings is 1. The van der Waals surface area contributed by atoms with Gasteiger partial charge in [0.2, 0.25) is 0 Å².